The molecular weight excluding hydrogens is 288 g/mol. The molecule has 0 saturated carbocycles. The minimum atomic E-state index is -0.561. The van der Waals surface area contributed by atoms with Crippen LogP contribution in [0.15, 0.2) is 48.5 Å². The first-order valence-corrected chi connectivity index (χ1v) is 7.40. The highest BCUT2D eigenvalue weighted by Gasteiger charge is 2.34. The number of nitrogens with zero attached hydrogens (tertiary/aromatic N) is 2. The molecule has 2 amide bonds. The number of rotatable bonds is 3. The zero-order chi connectivity index (χ0) is 16.6. The van der Waals surface area contributed by atoms with Crippen LogP contribution in [0.5, 0.6) is 0 Å². The maximum absolute atomic E-state index is 12.3. The van der Waals surface area contributed by atoms with Gasteiger partial charge in [-0.1, -0.05) is 36.4 Å². The van der Waals surface area contributed by atoms with Crippen LogP contribution in [-0.2, 0) is 12.0 Å². The predicted octanol–water partition coefficient (Wildman–Crippen LogP) is 3.28. The second-order valence-corrected chi connectivity index (χ2v) is 6.18. The van der Waals surface area contributed by atoms with Gasteiger partial charge in [0.05, 0.1) is 29.2 Å². The molecule has 0 N–H and O–H groups in total. The van der Waals surface area contributed by atoms with Gasteiger partial charge in [0.15, 0.2) is 0 Å². The number of hydrogen-bond donors (Lipinski definition) is 0. The molecule has 4 nitrogen and oxygen atoms in total. The van der Waals surface area contributed by atoms with E-state index in [1.807, 2.05) is 38.1 Å². The topological polar surface area (TPSA) is 61.2 Å². The third kappa shape index (κ3) is 2.51. The molecule has 0 saturated heterocycles. The predicted molar refractivity (Wildman–Crippen MR) is 85.7 cm³/mol. The molecule has 2 aromatic carbocycles. The third-order valence-electron chi connectivity index (χ3n) is 4.17. The van der Waals surface area contributed by atoms with Crippen molar-refractivity contribution in [2.24, 2.45) is 0 Å². The lowest BCUT2D eigenvalue weighted by Crippen LogP contribution is -2.29. The lowest BCUT2D eigenvalue weighted by molar-refractivity contribution is 0.0642. The van der Waals surface area contributed by atoms with Crippen molar-refractivity contribution in [3.05, 3.63) is 70.8 Å². The lowest BCUT2D eigenvalue weighted by atomic mass is 9.86. The van der Waals surface area contributed by atoms with Gasteiger partial charge in [0.25, 0.3) is 11.8 Å². The van der Waals surface area contributed by atoms with Crippen LogP contribution in [0.2, 0.25) is 0 Å². The SMILES string of the molecule is CC(C)(C#N)c1ccc(CN2C(=O)c3ccccc3C2=O)cc1. The zero-order valence-corrected chi connectivity index (χ0v) is 13.0. The van der Waals surface area contributed by atoms with Gasteiger partial charge in [-0.2, -0.15) is 5.26 Å². The van der Waals surface area contributed by atoms with Crippen LogP contribution in [0, 0.1) is 11.3 Å². The van der Waals surface area contributed by atoms with Gasteiger partial charge in [0.1, 0.15) is 0 Å². The molecule has 0 aliphatic carbocycles. The van der Waals surface area contributed by atoms with Crippen molar-refractivity contribution < 1.29 is 9.59 Å². The molecule has 3 rings (SSSR count). The first-order valence-electron chi connectivity index (χ1n) is 7.40. The number of fused-ring (bicyclic) bond motifs is 1. The van der Waals surface area contributed by atoms with Gasteiger partial charge in [0.2, 0.25) is 0 Å². The van der Waals surface area contributed by atoms with E-state index in [9.17, 15) is 9.59 Å². The Bertz CT molecular complexity index is 794. The van der Waals surface area contributed by atoms with Gasteiger partial charge >= 0.3 is 0 Å². The van der Waals surface area contributed by atoms with E-state index in [0.29, 0.717) is 11.1 Å². The molecule has 114 valence electrons. The van der Waals surface area contributed by atoms with Gasteiger partial charge in [-0.3, -0.25) is 14.5 Å². The summed E-state index contributed by atoms with van der Waals surface area (Å²) in [6, 6.07) is 16.6. The zero-order valence-electron chi connectivity index (χ0n) is 13.0. The van der Waals surface area contributed by atoms with E-state index in [0.717, 1.165) is 11.1 Å². The Labute approximate surface area is 135 Å². The van der Waals surface area contributed by atoms with Crippen molar-refractivity contribution in [2.45, 2.75) is 25.8 Å². The molecule has 4 heteroatoms. The fraction of sp³-hybridized carbons (Fsp3) is 0.211. The van der Waals surface area contributed by atoms with E-state index < -0.39 is 5.41 Å². The summed E-state index contributed by atoms with van der Waals surface area (Å²) >= 11 is 0. The largest absolute Gasteiger partial charge is 0.270 e. The van der Waals surface area contributed by atoms with Crippen LogP contribution in [0.25, 0.3) is 0 Å². The Morgan fingerprint density at radius 3 is 1.96 bits per heavy atom. The smallest absolute Gasteiger partial charge is 0.261 e. The Kier molecular flexibility index (Phi) is 3.49. The Morgan fingerprint density at radius 1 is 0.957 bits per heavy atom. The summed E-state index contributed by atoms with van der Waals surface area (Å²) in [6.45, 7) is 3.94. The molecule has 1 heterocycles. The number of imide groups is 1. The van der Waals surface area contributed by atoms with E-state index in [-0.39, 0.29) is 18.4 Å². The molecule has 0 atom stereocenters. The van der Waals surface area contributed by atoms with Crippen molar-refractivity contribution in [2.75, 3.05) is 0 Å². The fourth-order valence-corrected chi connectivity index (χ4v) is 2.66. The molecule has 0 radical (unpaired) electrons. The number of nitriles is 1. The number of carbonyl (C=O) groups is 2. The van der Waals surface area contributed by atoms with Crippen LogP contribution < -0.4 is 0 Å². The maximum atomic E-state index is 12.3. The third-order valence-corrected chi connectivity index (χ3v) is 4.17. The monoisotopic (exact) mass is 304 g/mol. The van der Waals surface area contributed by atoms with E-state index in [1.54, 1.807) is 24.3 Å². The second-order valence-electron chi connectivity index (χ2n) is 6.18. The Balaban J connectivity index is 1.83. The maximum Gasteiger partial charge on any atom is 0.261 e. The van der Waals surface area contributed by atoms with E-state index in [1.165, 1.54) is 4.90 Å². The number of hydrogen-bond acceptors (Lipinski definition) is 3. The van der Waals surface area contributed by atoms with Gasteiger partial charge in [0, 0.05) is 0 Å². The first-order chi connectivity index (χ1) is 10.9. The highest BCUT2D eigenvalue weighted by molar-refractivity contribution is 6.21. The molecule has 1 aliphatic heterocycles. The van der Waals surface area contributed by atoms with Crippen molar-refractivity contribution >= 4 is 11.8 Å². The highest BCUT2D eigenvalue weighted by Crippen LogP contribution is 2.26. The molecule has 0 fully saturated rings. The molecule has 23 heavy (non-hydrogen) atoms. The van der Waals surface area contributed by atoms with E-state index in [2.05, 4.69) is 6.07 Å². The molecule has 0 spiro atoms. The van der Waals surface area contributed by atoms with E-state index in [4.69, 9.17) is 5.26 Å². The first kappa shape index (κ1) is 15.0. The van der Waals surface area contributed by atoms with Crippen molar-refractivity contribution in [1.29, 1.82) is 5.26 Å². The van der Waals surface area contributed by atoms with Crippen LogP contribution in [0.3, 0.4) is 0 Å². The summed E-state index contributed by atoms with van der Waals surface area (Å²) in [7, 11) is 0. The summed E-state index contributed by atoms with van der Waals surface area (Å²) < 4.78 is 0. The summed E-state index contributed by atoms with van der Waals surface area (Å²) in [5.74, 6) is -0.515. The van der Waals surface area contributed by atoms with Crippen molar-refractivity contribution in [1.82, 2.24) is 4.90 Å². The average Bonchev–Trinajstić information content (AvgIpc) is 2.81. The molecular formula is C19H16N2O2. The van der Waals surface area contributed by atoms with Crippen molar-refractivity contribution in [3.8, 4) is 6.07 Å². The number of benzene rings is 2. The molecule has 1 aliphatic rings. The van der Waals surface area contributed by atoms with Gasteiger partial charge in [-0.25, -0.2) is 0 Å². The quantitative estimate of drug-likeness (QED) is 0.817. The van der Waals surface area contributed by atoms with Gasteiger partial charge in [-0.15, -0.1) is 0 Å². The van der Waals surface area contributed by atoms with Crippen LogP contribution in [-0.4, -0.2) is 16.7 Å². The summed E-state index contributed by atoms with van der Waals surface area (Å²) in [6.07, 6.45) is 0. The standard InChI is InChI=1S/C19H16N2O2/c1-19(2,12-20)14-9-7-13(8-10-14)11-21-17(22)15-5-3-4-6-16(15)18(21)23/h3-10H,11H2,1-2H3. The van der Waals surface area contributed by atoms with Gasteiger partial charge in [-0.05, 0) is 37.1 Å². The summed E-state index contributed by atoms with van der Waals surface area (Å²) in [4.78, 5) is 26.0. The minimum Gasteiger partial charge on any atom is -0.270 e. The second kappa shape index (κ2) is 5.36. The van der Waals surface area contributed by atoms with Crippen LogP contribution >= 0.6 is 0 Å². The molecule has 0 bridgehead atoms. The summed E-state index contributed by atoms with van der Waals surface area (Å²) in [5, 5.41) is 9.17. The van der Waals surface area contributed by atoms with Gasteiger partial charge < -0.3 is 0 Å². The molecule has 0 aromatic heterocycles. The van der Waals surface area contributed by atoms with Crippen LogP contribution in [0.1, 0.15) is 45.7 Å². The normalized spacial score (nSPS) is 13.9. The minimum absolute atomic E-state index is 0.236. The number of amides is 2. The Morgan fingerprint density at radius 2 is 1.48 bits per heavy atom. The lowest BCUT2D eigenvalue weighted by Gasteiger charge is -2.17. The molecule has 0 unspecified atom stereocenters. The van der Waals surface area contributed by atoms with Crippen molar-refractivity contribution in [3.63, 3.8) is 0 Å². The number of carbonyl (C=O) groups excluding carboxylic acids is 2. The van der Waals surface area contributed by atoms with E-state index >= 15 is 0 Å². The average molecular weight is 304 g/mol. The summed E-state index contributed by atoms with van der Waals surface area (Å²) in [5.41, 5.74) is 2.12. The van der Waals surface area contributed by atoms with Crippen LogP contribution in [0.4, 0.5) is 0 Å². The fourth-order valence-electron chi connectivity index (χ4n) is 2.66. The Hall–Kier alpha value is -2.93. The molecule has 2 aromatic rings. The highest BCUT2D eigenvalue weighted by atomic mass is 16.2.